The standard InChI is InChI=1S/C13H20FNO/c1-5-13(2,3)12(15)9-6-7-11(16-4)10(14)8-9/h6-8,12H,5,15H2,1-4H3. The van der Waals surface area contributed by atoms with Crippen LogP contribution in [0.4, 0.5) is 4.39 Å². The first kappa shape index (κ1) is 13.0. The summed E-state index contributed by atoms with van der Waals surface area (Å²) in [4.78, 5) is 0. The molecule has 0 aliphatic carbocycles. The fourth-order valence-corrected chi connectivity index (χ4v) is 1.55. The molecule has 3 heteroatoms. The molecule has 2 N–H and O–H groups in total. The van der Waals surface area contributed by atoms with Crippen LogP contribution in [0, 0.1) is 11.2 Å². The first-order valence-corrected chi connectivity index (χ1v) is 5.51. The van der Waals surface area contributed by atoms with E-state index in [9.17, 15) is 4.39 Å². The summed E-state index contributed by atoms with van der Waals surface area (Å²) in [6, 6.07) is 4.74. The summed E-state index contributed by atoms with van der Waals surface area (Å²) in [5, 5.41) is 0. The van der Waals surface area contributed by atoms with E-state index in [-0.39, 0.29) is 23.0 Å². The van der Waals surface area contributed by atoms with E-state index < -0.39 is 0 Å². The molecular formula is C13H20FNO. The van der Waals surface area contributed by atoms with Crippen LogP contribution >= 0.6 is 0 Å². The molecule has 0 bridgehead atoms. The molecule has 1 aromatic rings. The van der Waals surface area contributed by atoms with Gasteiger partial charge in [0.25, 0.3) is 0 Å². The third kappa shape index (κ3) is 2.53. The Hall–Kier alpha value is -1.09. The second kappa shape index (κ2) is 4.83. The van der Waals surface area contributed by atoms with Crippen molar-refractivity contribution >= 4 is 0 Å². The maximum Gasteiger partial charge on any atom is 0.165 e. The van der Waals surface area contributed by atoms with Crippen molar-refractivity contribution in [3.05, 3.63) is 29.6 Å². The predicted octanol–water partition coefficient (Wildman–Crippen LogP) is 3.27. The zero-order valence-corrected chi connectivity index (χ0v) is 10.4. The Morgan fingerprint density at radius 2 is 2.06 bits per heavy atom. The smallest absolute Gasteiger partial charge is 0.165 e. The summed E-state index contributed by atoms with van der Waals surface area (Å²) in [5.41, 5.74) is 6.91. The van der Waals surface area contributed by atoms with Gasteiger partial charge in [0.05, 0.1) is 7.11 Å². The van der Waals surface area contributed by atoms with Crippen molar-refractivity contribution in [3.63, 3.8) is 0 Å². The molecule has 1 rings (SSSR count). The Balaban J connectivity index is 3.02. The molecule has 0 amide bonds. The molecule has 0 aliphatic rings. The van der Waals surface area contributed by atoms with Gasteiger partial charge in [0.15, 0.2) is 11.6 Å². The number of benzene rings is 1. The largest absolute Gasteiger partial charge is 0.494 e. The summed E-state index contributed by atoms with van der Waals surface area (Å²) < 4.78 is 18.4. The fraction of sp³-hybridized carbons (Fsp3) is 0.538. The molecule has 1 unspecified atom stereocenters. The maximum atomic E-state index is 13.5. The third-order valence-corrected chi connectivity index (χ3v) is 3.29. The lowest BCUT2D eigenvalue weighted by molar-refractivity contribution is 0.277. The summed E-state index contributed by atoms with van der Waals surface area (Å²) in [6.45, 7) is 6.25. The molecule has 2 nitrogen and oxygen atoms in total. The van der Waals surface area contributed by atoms with Gasteiger partial charge in [-0.1, -0.05) is 26.8 Å². The lowest BCUT2D eigenvalue weighted by atomic mass is 9.79. The van der Waals surface area contributed by atoms with Crippen LogP contribution in [-0.2, 0) is 0 Å². The van der Waals surface area contributed by atoms with E-state index in [1.807, 2.05) is 6.07 Å². The molecule has 0 radical (unpaired) electrons. The van der Waals surface area contributed by atoms with Crippen molar-refractivity contribution in [1.82, 2.24) is 0 Å². The molecule has 1 atom stereocenters. The zero-order valence-electron chi connectivity index (χ0n) is 10.4. The van der Waals surface area contributed by atoms with Crippen LogP contribution in [0.2, 0.25) is 0 Å². The lowest BCUT2D eigenvalue weighted by Crippen LogP contribution is -2.28. The van der Waals surface area contributed by atoms with E-state index in [0.29, 0.717) is 0 Å². The van der Waals surface area contributed by atoms with E-state index in [1.165, 1.54) is 13.2 Å². The lowest BCUT2D eigenvalue weighted by Gasteiger charge is -2.30. The average molecular weight is 225 g/mol. The van der Waals surface area contributed by atoms with Crippen molar-refractivity contribution < 1.29 is 9.13 Å². The number of hydrogen-bond acceptors (Lipinski definition) is 2. The van der Waals surface area contributed by atoms with Crippen molar-refractivity contribution in [2.45, 2.75) is 33.2 Å². The number of hydrogen-bond donors (Lipinski definition) is 1. The van der Waals surface area contributed by atoms with Gasteiger partial charge in [0, 0.05) is 6.04 Å². The minimum absolute atomic E-state index is 0.0406. The van der Waals surface area contributed by atoms with E-state index in [4.69, 9.17) is 10.5 Å². The first-order chi connectivity index (χ1) is 7.42. The van der Waals surface area contributed by atoms with E-state index >= 15 is 0 Å². The Morgan fingerprint density at radius 3 is 2.50 bits per heavy atom. The van der Waals surface area contributed by atoms with Gasteiger partial charge in [-0.05, 0) is 29.5 Å². The summed E-state index contributed by atoms with van der Waals surface area (Å²) >= 11 is 0. The quantitative estimate of drug-likeness (QED) is 0.853. The summed E-state index contributed by atoms with van der Waals surface area (Å²) in [7, 11) is 1.45. The van der Waals surface area contributed by atoms with Crippen LogP contribution in [0.5, 0.6) is 5.75 Å². The number of nitrogens with two attached hydrogens (primary N) is 1. The number of methoxy groups -OCH3 is 1. The van der Waals surface area contributed by atoms with Crippen LogP contribution in [0.3, 0.4) is 0 Å². The predicted molar refractivity (Wildman–Crippen MR) is 64.0 cm³/mol. The topological polar surface area (TPSA) is 35.2 Å². The van der Waals surface area contributed by atoms with Crippen molar-refractivity contribution in [3.8, 4) is 5.75 Å². The molecule has 0 fully saturated rings. The highest BCUT2D eigenvalue weighted by Crippen LogP contribution is 2.35. The molecule has 16 heavy (non-hydrogen) atoms. The molecule has 0 saturated carbocycles. The molecule has 0 saturated heterocycles. The normalized spacial score (nSPS) is 13.6. The molecule has 0 heterocycles. The van der Waals surface area contributed by atoms with Gasteiger partial charge in [-0.2, -0.15) is 0 Å². The highest BCUT2D eigenvalue weighted by Gasteiger charge is 2.26. The maximum absolute atomic E-state index is 13.5. The zero-order chi connectivity index (χ0) is 12.3. The van der Waals surface area contributed by atoms with Gasteiger partial charge in [-0.15, -0.1) is 0 Å². The fourth-order valence-electron chi connectivity index (χ4n) is 1.55. The van der Waals surface area contributed by atoms with Gasteiger partial charge in [-0.25, -0.2) is 4.39 Å². The van der Waals surface area contributed by atoms with E-state index in [1.54, 1.807) is 6.07 Å². The Bertz CT molecular complexity index is 363. The molecule has 0 aromatic heterocycles. The first-order valence-electron chi connectivity index (χ1n) is 5.51. The Morgan fingerprint density at radius 1 is 1.44 bits per heavy atom. The van der Waals surface area contributed by atoms with Gasteiger partial charge in [0.2, 0.25) is 0 Å². The molecule has 0 aliphatic heterocycles. The second-order valence-corrected chi connectivity index (χ2v) is 4.71. The van der Waals surface area contributed by atoms with Gasteiger partial charge in [-0.3, -0.25) is 0 Å². The average Bonchev–Trinajstić information content (AvgIpc) is 2.27. The molecule has 90 valence electrons. The highest BCUT2D eigenvalue weighted by molar-refractivity contribution is 5.31. The van der Waals surface area contributed by atoms with E-state index in [0.717, 1.165) is 12.0 Å². The number of rotatable bonds is 4. The Labute approximate surface area is 96.6 Å². The van der Waals surface area contributed by atoms with Crippen LogP contribution in [0.1, 0.15) is 38.8 Å². The van der Waals surface area contributed by atoms with Crippen LogP contribution < -0.4 is 10.5 Å². The molecular weight excluding hydrogens is 205 g/mol. The minimum Gasteiger partial charge on any atom is -0.494 e. The van der Waals surface area contributed by atoms with Crippen LogP contribution in [0.25, 0.3) is 0 Å². The third-order valence-electron chi connectivity index (χ3n) is 3.29. The second-order valence-electron chi connectivity index (χ2n) is 4.71. The van der Waals surface area contributed by atoms with Crippen LogP contribution in [0.15, 0.2) is 18.2 Å². The van der Waals surface area contributed by atoms with Crippen LogP contribution in [-0.4, -0.2) is 7.11 Å². The van der Waals surface area contributed by atoms with E-state index in [2.05, 4.69) is 20.8 Å². The summed E-state index contributed by atoms with van der Waals surface area (Å²) in [5.74, 6) is -0.104. The van der Waals surface area contributed by atoms with Gasteiger partial charge < -0.3 is 10.5 Å². The highest BCUT2D eigenvalue weighted by atomic mass is 19.1. The number of halogens is 1. The number of ether oxygens (including phenoxy) is 1. The van der Waals surface area contributed by atoms with Gasteiger partial charge in [0.1, 0.15) is 0 Å². The minimum atomic E-state index is -0.359. The van der Waals surface area contributed by atoms with Crippen molar-refractivity contribution in [2.75, 3.05) is 7.11 Å². The molecule has 0 spiro atoms. The molecule has 1 aromatic carbocycles. The Kier molecular flexibility index (Phi) is 3.92. The SMILES string of the molecule is CCC(C)(C)C(N)c1ccc(OC)c(F)c1. The van der Waals surface area contributed by atoms with Crippen molar-refractivity contribution in [2.24, 2.45) is 11.1 Å². The van der Waals surface area contributed by atoms with Gasteiger partial charge >= 0.3 is 0 Å². The van der Waals surface area contributed by atoms with Crippen molar-refractivity contribution in [1.29, 1.82) is 0 Å². The monoisotopic (exact) mass is 225 g/mol. The summed E-state index contributed by atoms with van der Waals surface area (Å²) in [6.07, 6.45) is 0.946.